The molecule has 0 aliphatic carbocycles. The third-order valence-corrected chi connectivity index (χ3v) is 5.11. The monoisotopic (exact) mass is 329 g/mol. The fraction of sp³-hybridized carbons (Fsp3) is 0.375. The Kier molecular flexibility index (Phi) is 3.99. The van der Waals surface area contributed by atoms with Crippen molar-refractivity contribution >= 4 is 17.0 Å². The van der Waals surface area contributed by atoms with Gasteiger partial charge in [0, 0.05) is 43.8 Å². The van der Waals surface area contributed by atoms with Crippen LogP contribution in [0.25, 0.3) is 5.65 Å². The second kappa shape index (κ2) is 6.27. The Morgan fingerprint density at radius 3 is 2.61 bits per heavy atom. The minimum atomic E-state index is -0.0679. The Morgan fingerprint density at radius 1 is 1.04 bits per heavy atom. The molecule has 0 bridgehead atoms. The second-order valence-electron chi connectivity index (χ2n) is 5.83. The minimum Gasteiger partial charge on any atom is -0.296 e. The molecule has 0 N–H and O–H groups in total. The molecule has 0 atom stereocenters. The molecule has 4 rings (SSSR count). The zero-order valence-corrected chi connectivity index (χ0v) is 13.7. The van der Waals surface area contributed by atoms with Crippen LogP contribution >= 0.6 is 11.3 Å². The van der Waals surface area contributed by atoms with E-state index in [9.17, 15) is 4.79 Å². The number of fused-ring (bicyclic) bond motifs is 1. The van der Waals surface area contributed by atoms with Crippen LogP contribution in [0.15, 0.2) is 46.7 Å². The van der Waals surface area contributed by atoms with E-state index in [4.69, 9.17) is 0 Å². The van der Waals surface area contributed by atoms with Gasteiger partial charge in [0.05, 0.1) is 6.67 Å². The highest BCUT2D eigenvalue weighted by molar-refractivity contribution is 7.09. The summed E-state index contributed by atoms with van der Waals surface area (Å²) < 4.78 is 3.15. The van der Waals surface area contributed by atoms with E-state index < -0.39 is 0 Å². The summed E-state index contributed by atoms with van der Waals surface area (Å²) >= 11 is 1.81. The van der Waals surface area contributed by atoms with Gasteiger partial charge in [0.1, 0.15) is 0 Å². The molecule has 0 amide bonds. The first-order valence-corrected chi connectivity index (χ1v) is 8.69. The molecule has 4 heterocycles. The van der Waals surface area contributed by atoms with Gasteiger partial charge < -0.3 is 0 Å². The van der Waals surface area contributed by atoms with Crippen LogP contribution in [0.2, 0.25) is 0 Å². The van der Waals surface area contributed by atoms with Gasteiger partial charge in [-0.05, 0) is 23.6 Å². The highest BCUT2D eigenvalue weighted by atomic mass is 32.1. The smallest absolute Gasteiger partial charge is 0.296 e. The first-order chi connectivity index (χ1) is 11.3. The maximum absolute atomic E-state index is 12.3. The SMILES string of the molecule is O=c1n(CN2CCN(Cc3cccs3)CC2)nc2ccccn12. The van der Waals surface area contributed by atoms with Crippen LogP contribution in [0.5, 0.6) is 0 Å². The molecule has 3 aromatic rings. The Bertz CT molecular complexity index is 830. The first kappa shape index (κ1) is 14.6. The van der Waals surface area contributed by atoms with Crippen molar-refractivity contribution < 1.29 is 0 Å². The Balaban J connectivity index is 1.39. The van der Waals surface area contributed by atoms with Gasteiger partial charge in [0.25, 0.3) is 0 Å². The highest BCUT2D eigenvalue weighted by Gasteiger charge is 2.18. The van der Waals surface area contributed by atoms with Crippen molar-refractivity contribution in [1.82, 2.24) is 24.0 Å². The van der Waals surface area contributed by atoms with Crippen LogP contribution in [0.4, 0.5) is 0 Å². The molecule has 0 spiro atoms. The Morgan fingerprint density at radius 2 is 1.87 bits per heavy atom. The molecule has 120 valence electrons. The number of rotatable bonds is 4. The molecule has 0 aromatic carbocycles. The highest BCUT2D eigenvalue weighted by Crippen LogP contribution is 2.13. The maximum atomic E-state index is 12.3. The molecular weight excluding hydrogens is 310 g/mol. The van der Waals surface area contributed by atoms with Gasteiger partial charge in [0.2, 0.25) is 0 Å². The zero-order chi connectivity index (χ0) is 15.6. The summed E-state index contributed by atoms with van der Waals surface area (Å²) in [7, 11) is 0. The standard InChI is InChI=1S/C16H19N5OS/c22-16-20-6-2-1-5-15(20)17-21(16)13-19-9-7-18(8-10-19)12-14-4-3-11-23-14/h1-6,11H,7-10,12-13H2. The summed E-state index contributed by atoms with van der Waals surface area (Å²) in [5.74, 6) is 0. The molecule has 1 aliphatic heterocycles. The fourth-order valence-corrected chi connectivity index (χ4v) is 3.71. The van der Waals surface area contributed by atoms with Crippen LogP contribution in [-0.2, 0) is 13.2 Å². The van der Waals surface area contributed by atoms with Crippen LogP contribution in [0, 0.1) is 0 Å². The predicted molar refractivity (Wildman–Crippen MR) is 90.6 cm³/mol. The molecule has 0 unspecified atom stereocenters. The lowest BCUT2D eigenvalue weighted by Crippen LogP contribution is -2.47. The van der Waals surface area contributed by atoms with Gasteiger partial charge >= 0.3 is 5.69 Å². The van der Waals surface area contributed by atoms with E-state index in [1.54, 1.807) is 15.3 Å². The number of piperazine rings is 1. The molecular formula is C16H19N5OS. The number of nitrogens with zero attached hydrogens (tertiary/aromatic N) is 5. The van der Waals surface area contributed by atoms with Crippen LogP contribution in [-0.4, -0.2) is 50.2 Å². The molecule has 1 aliphatic rings. The zero-order valence-electron chi connectivity index (χ0n) is 12.8. The lowest BCUT2D eigenvalue weighted by atomic mass is 10.3. The van der Waals surface area contributed by atoms with Gasteiger partial charge in [-0.25, -0.2) is 4.79 Å². The van der Waals surface area contributed by atoms with E-state index in [2.05, 4.69) is 32.4 Å². The van der Waals surface area contributed by atoms with Crippen molar-refractivity contribution in [2.45, 2.75) is 13.2 Å². The summed E-state index contributed by atoms with van der Waals surface area (Å²) in [6.45, 7) is 5.57. The second-order valence-corrected chi connectivity index (χ2v) is 6.86. The molecule has 23 heavy (non-hydrogen) atoms. The maximum Gasteiger partial charge on any atom is 0.351 e. The van der Waals surface area contributed by atoms with Crippen molar-refractivity contribution in [3.8, 4) is 0 Å². The van der Waals surface area contributed by atoms with Crippen LogP contribution < -0.4 is 5.69 Å². The van der Waals surface area contributed by atoms with E-state index in [1.807, 2.05) is 29.5 Å². The van der Waals surface area contributed by atoms with E-state index in [1.165, 1.54) is 4.88 Å². The molecule has 3 aromatic heterocycles. The third-order valence-electron chi connectivity index (χ3n) is 4.25. The van der Waals surface area contributed by atoms with Crippen LogP contribution in [0.3, 0.4) is 0 Å². The quantitative estimate of drug-likeness (QED) is 0.724. The lowest BCUT2D eigenvalue weighted by molar-refractivity contribution is 0.0982. The van der Waals surface area contributed by atoms with E-state index in [0.29, 0.717) is 12.3 Å². The number of hydrogen-bond donors (Lipinski definition) is 0. The summed E-state index contributed by atoms with van der Waals surface area (Å²) in [6.07, 6.45) is 1.76. The molecule has 6 nitrogen and oxygen atoms in total. The molecule has 0 radical (unpaired) electrons. The van der Waals surface area contributed by atoms with Crippen molar-refractivity contribution in [2.75, 3.05) is 26.2 Å². The van der Waals surface area contributed by atoms with Crippen LogP contribution in [0.1, 0.15) is 4.88 Å². The van der Waals surface area contributed by atoms with E-state index in [0.717, 1.165) is 32.7 Å². The summed E-state index contributed by atoms with van der Waals surface area (Å²) in [4.78, 5) is 18.5. The van der Waals surface area contributed by atoms with Gasteiger partial charge in [-0.1, -0.05) is 12.1 Å². The number of thiophene rings is 1. The van der Waals surface area contributed by atoms with Gasteiger partial charge in [0.15, 0.2) is 5.65 Å². The molecule has 1 fully saturated rings. The van der Waals surface area contributed by atoms with E-state index >= 15 is 0 Å². The van der Waals surface area contributed by atoms with Crippen molar-refractivity contribution in [2.24, 2.45) is 0 Å². The number of aromatic nitrogens is 3. The van der Waals surface area contributed by atoms with Crippen molar-refractivity contribution in [1.29, 1.82) is 0 Å². The summed E-state index contributed by atoms with van der Waals surface area (Å²) in [5.41, 5.74) is 0.635. The fourth-order valence-electron chi connectivity index (χ4n) is 2.96. The molecule has 7 heteroatoms. The lowest BCUT2D eigenvalue weighted by Gasteiger charge is -2.33. The van der Waals surface area contributed by atoms with Gasteiger partial charge in [-0.3, -0.25) is 14.2 Å². The van der Waals surface area contributed by atoms with Crippen molar-refractivity contribution in [3.05, 3.63) is 57.3 Å². The first-order valence-electron chi connectivity index (χ1n) is 7.81. The molecule has 0 saturated carbocycles. The van der Waals surface area contributed by atoms with Gasteiger partial charge in [-0.2, -0.15) is 4.68 Å². The average Bonchev–Trinajstić information content (AvgIpc) is 3.19. The third kappa shape index (κ3) is 3.08. The normalized spacial score (nSPS) is 17.0. The van der Waals surface area contributed by atoms with E-state index in [-0.39, 0.29) is 5.69 Å². The number of hydrogen-bond acceptors (Lipinski definition) is 5. The minimum absolute atomic E-state index is 0.0679. The average molecular weight is 329 g/mol. The topological polar surface area (TPSA) is 45.8 Å². The Labute approximate surface area is 138 Å². The summed E-state index contributed by atoms with van der Waals surface area (Å²) in [5, 5.41) is 6.53. The van der Waals surface area contributed by atoms with Gasteiger partial charge in [-0.15, -0.1) is 16.4 Å². The molecule has 1 saturated heterocycles. The van der Waals surface area contributed by atoms with Crippen molar-refractivity contribution in [3.63, 3.8) is 0 Å². The largest absolute Gasteiger partial charge is 0.351 e. The Hall–Kier alpha value is -1.96. The predicted octanol–water partition coefficient (Wildman–Crippen LogP) is 1.33. The summed E-state index contributed by atoms with van der Waals surface area (Å²) in [6, 6.07) is 9.90. The number of pyridine rings is 1.